The Balaban J connectivity index is 2.44. The van der Waals surface area contributed by atoms with E-state index in [0.29, 0.717) is 52.7 Å². The van der Waals surface area contributed by atoms with Crippen LogP contribution >= 0.6 is 11.6 Å². The first kappa shape index (κ1) is 25.9. The van der Waals surface area contributed by atoms with E-state index in [4.69, 9.17) is 21.1 Å². The second-order valence-corrected chi connectivity index (χ2v) is 9.26. The lowest BCUT2D eigenvalue weighted by Crippen LogP contribution is -2.40. The number of carbonyl (C=O) groups excluding carboxylic acids is 3. The first-order valence-electron chi connectivity index (χ1n) is 10.9. The third kappa shape index (κ3) is 5.15. The van der Waals surface area contributed by atoms with E-state index >= 15 is 0 Å². The highest BCUT2D eigenvalue weighted by atomic mass is 35.5. The maximum absolute atomic E-state index is 12.3. The van der Waals surface area contributed by atoms with Gasteiger partial charge in [-0.3, -0.25) is 14.4 Å². The molecule has 0 amide bonds. The number of benzene rings is 1. The second kappa shape index (κ2) is 10.5. The van der Waals surface area contributed by atoms with Crippen LogP contribution in [0.4, 0.5) is 0 Å². The van der Waals surface area contributed by atoms with E-state index in [1.165, 1.54) is 14.0 Å². The molecule has 0 radical (unpaired) electrons. The minimum atomic E-state index is -0.531. The Kier molecular flexibility index (Phi) is 8.47. The molecule has 0 saturated heterocycles. The van der Waals surface area contributed by atoms with Crippen LogP contribution in [0.1, 0.15) is 68.9 Å². The Morgan fingerprint density at radius 1 is 1.25 bits per heavy atom. The third-order valence-electron chi connectivity index (χ3n) is 6.93. The largest absolute Gasteiger partial charge is 0.495 e. The maximum Gasteiger partial charge on any atom is 0.308 e. The Bertz CT molecular complexity index is 975. The Morgan fingerprint density at radius 2 is 1.91 bits per heavy atom. The van der Waals surface area contributed by atoms with Crippen molar-refractivity contribution in [3.63, 3.8) is 0 Å². The van der Waals surface area contributed by atoms with E-state index in [0.717, 1.165) is 12.0 Å². The number of halogens is 1. The van der Waals surface area contributed by atoms with Gasteiger partial charge in [0.2, 0.25) is 0 Å². The molecule has 1 aromatic rings. The summed E-state index contributed by atoms with van der Waals surface area (Å²) in [6, 6.07) is 0. The molecule has 1 aromatic carbocycles. The van der Waals surface area contributed by atoms with Crippen LogP contribution in [-0.4, -0.2) is 25.1 Å². The summed E-state index contributed by atoms with van der Waals surface area (Å²) in [6.45, 7) is 11.3. The predicted octanol–water partition coefficient (Wildman–Crippen LogP) is 6.08. The summed E-state index contributed by atoms with van der Waals surface area (Å²) < 4.78 is 10.9. The van der Waals surface area contributed by atoms with Crippen molar-refractivity contribution >= 4 is 29.6 Å². The molecule has 0 aliphatic heterocycles. The second-order valence-electron chi connectivity index (χ2n) is 8.88. The molecular weight excluding hydrogens is 428 g/mol. The molecule has 1 aliphatic carbocycles. The predicted molar refractivity (Wildman–Crippen MR) is 127 cm³/mol. The zero-order chi connectivity index (χ0) is 24.2. The number of allylic oxidation sites excluding steroid dienone is 4. The SMILES string of the molecule is COc1c(Cl)c(C)c(C=O)c(OC(C)=O)c1CC=C(C)C=C[C@@]1(C)[C@H](C)CCC(=O)[C@@H]1C. The van der Waals surface area contributed by atoms with Gasteiger partial charge in [-0.15, -0.1) is 0 Å². The van der Waals surface area contributed by atoms with E-state index in [1.54, 1.807) is 6.92 Å². The van der Waals surface area contributed by atoms with Gasteiger partial charge >= 0.3 is 5.97 Å². The van der Waals surface area contributed by atoms with Crippen molar-refractivity contribution in [2.24, 2.45) is 17.3 Å². The number of ether oxygens (including phenoxy) is 2. The van der Waals surface area contributed by atoms with Crippen molar-refractivity contribution in [2.45, 2.75) is 60.8 Å². The van der Waals surface area contributed by atoms with Crippen molar-refractivity contribution in [3.8, 4) is 11.5 Å². The van der Waals surface area contributed by atoms with E-state index < -0.39 is 5.97 Å². The fourth-order valence-electron chi connectivity index (χ4n) is 4.27. The van der Waals surface area contributed by atoms with Crippen molar-refractivity contribution < 1.29 is 23.9 Å². The molecule has 0 unspecified atom stereocenters. The van der Waals surface area contributed by atoms with Crippen molar-refractivity contribution in [1.29, 1.82) is 0 Å². The van der Waals surface area contributed by atoms with Gasteiger partial charge in [-0.05, 0) is 43.6 Å². The number of hydrogen-bond acceptors (Lipinski definition) is 5. The minimum Gasteiger partial charge on any atom is -0.495 e. The van der Waals surface area contributed by atoms with Crippen LogP contribution in [0, 0.1) is 24.2 Å². The number of hydrogen-bond donors (Lipinski definition) is 0. The summed E-state index contributed by atoms with van der Waals surface area (Å²) in [5.41, 5.74) is 2.04. The molecule has 0 spiro atoms. The molecule has 3 atom stereocenters. The van der Waals surface area contributed by atoms with Gasteiger partial charge in [0.05, 0.1) is 17.7 Å². The number of methoxy groups -OCH3 is 1. The lowest BCUT2D eigenvalue weighted by molar-refractivity contribution is -0.132. The molecule has 5 nitrogen and oxygen atoms in total. The Labute approximate surface area is 195 Å². The van der Waals surface area contributed by atoms with Crippen molar-refractivity contribution in [3.05, 3.63) is 45.5 Å². The molecule has 1 saturated carbocycles. The molecule has 32 heavy (non-hydrogen) atoms. The van der Waals surface area contributed by atoms with Crippen LogP contribution in [0.5, 0.6) is 11.5 Å². The summed E-state index contributed by atoms with van der Waals surface area (Å²) in [5.74, 6) is 0.704. The lowest BCUT2D eigenvalue weighted by Gasteiger charge is -2.42. The zero-order valence-electron chi connectivity index (χ0n) is 20.0. The average molecular weight is 461 g/mol. The van der Waals surface area contributed by atoms with Crippen LogP contribution < -0.4 is 9.47 Å². The Hall–Kier alpha value is -2.40. The fraction of sp³-hybridized carbons (Fsp3) is 0.500. The van der Waals surface area contributed by atoms with E-state index in [9.17, 15) is 14.4 Å². The lowest BCUT2D eigenvalue weighted by atomic mass is 9.61. The van der Waals surface area contributed by atoms with Gasteiger partial charge in [0.1, 0.15) is 17.3 Å². The van der Waals surface area contributed by atoms with Crippen LogP contribution in [0.15, 0.2) is 23.8 Å². The quantitative estimate of drug-likeness (QED) is 0.213. The number of rotatable bonds is 7. The number of aldehydes is 1. The van der Waals surface area contributed by atoms with E-state index in [2.05, 4.69) is 19.9 Å². The van der Waals surface area contributed by atoms with Gasteiger partial charge < -0.3 is 9.47 Å². The van der Waals surface area contributed by atoms with Crippen LogP contribution in [0.3, 0.4) is 0 Å². The monoisotopic (exact) mass is 460 g/mol. The van der Waals surface area contributed by atoms with E-state index in [1.807, 2.05) is 26.0 Å². The third-order valence-corrected chi connectivity index (χ3v) is 7.38. The van der Waals surface area contributed by atoms with Crippen molar-refractivity contribution in [1.82, 2.24) is 0 Å². The van der Waals surface area contributed by atoms with Crippen LogP contribution in [0.25, 0.3) is 0 Å². The normalized spacial score (nSPS) is 24.0. The van der Waals surface area contributed by atoms with Crippen LogP contribution in [0.2, 0.25) is 5.02 Å². The fourth-order valence-corrected chi connectivity index (χ4v) is 4.56. The molecule has 174 valence electrons. The summed E-state index contributed by atoms with van der Waals surface area (Å²) in [5, 5.41) is 0.318. The molecule has 0 heterocycles. The zero-order valence-corrected chi connectivity index (χ0v) is 20.8. The summed E-state index contributed by atoms with van der Waals surface area (Å²) in [7, 11) is 1.49. The molecule has 1 fully saturated rings. The molecule has 0 bridgehead atoms. The first-order chi connectivity index (χ1) is 15.0. The van der Waals surface area contributed by atoms with Gasteiger partial charge in [0.15, 0.2) is 6.29 Å². The van der Waals surface area contributed by atoms with E-state index in [-0.39, 0.29) is 22.6 Å². The van der Waals surface area contributed by atoms with Gasteiger partial charge in [-0.1, -0.05) is 56.2 Å². The molecule has 0 N–H and O–H groups in total. The molecule has 6 heteroatoms. The number of Topliss-reactive ketones (excluding diaryl/α,β-unsaturated/α-hetero) is 1. The van der Waals surface area contributed by atoms with Gasteiger partial charge in [-0.2, -0.15) is 0 Å². The Morgan fingerprint density at radius 3 is 2.47 bits per heavy atom. The molecule has 1 aliphatic rings. The van der Waals surface area contributed by atoms with Crippen LogP contribution in [-0.2, 0) is 16.0 Å². The standard InChI is InChI=1S/C26H33ClO5/c1-15(12-13-26(6)16(2)9-11-22(30)18(26)4)8-10-20-24(32-19(5)29)21(14-28)17(3)23(27)25(20)31-7/h8,12-14,16,18H,9-11H2,1-7H3/t16-,18+,26+/m1/s1. The number of ketones is 1. The molecule has 2 rings (SSSR count). The highest BCUT2D eigenvalue weighted by Gasteiger charge is 2.41. The topological polar surface area (TPSA) is 69.7 Å². The first-order valence-corrected chi connectivity index (χ1v) is 11.3. The minimum absolute atomic E-state index is 0.0305. The van der Waals surface area contributed by atoms with Crippen molar-refractivity contribution in [2.75, 3.05) is 7.11 Å². The number of carbonyl (C=O) groups is 3. The van der Waals surface area contributed by atoms with Gasteiger partial charge in [0, 0.05) is 24.8 Å². The van der Waals surface area contributed by atoms with Gasteiger partial charge in [-0.25, -0.2) is 0 Å². The highest BCUT2D eigenvalue weighted by Crippen LogP contribution is 2.45. The highest BCUT2D eigenvalue weighted by molar-refractivity contribution is 6.33. The summed E-state index contributed by atoms with van der Waals surface area (Å²) in [6.07, 6.45) is 8.66. The average Bonchev–Trinajstić information content (AvgIpc) is 2.75. The number of esters is 1. The molecule has 0 aromatic heterocycles. The smallest absolute Gasteiger partial charge is 0.308 e. The summed E-state index contributed by atoms with van der Waals surface area (Å²) >= 11 is 6.44. The molecular formula is C26H33ClO5. The van der Waals surface area contributed by atoms with Gasteiger partial charge in [0.25, 0.3) is 0 Å². The summed E-state index contributed by atoms with van der Waals surface area (Å²) in [4.78, 5) is 35.7. The maximum atomic E-state index is 12.3.